The molecule has 1 aliphatic heterocycles. The molecule has 3 rings (SSSR count). The molecular weight excluding hydrogens is 327 g/mol. The maximum atomic E-state index is 11.6. The molecule has 2 aromatic rings. The first-order chi connectivity index (χ1) is 9.80. The third kappa shape index (κ3) is 2.31. The normalized spacial score (nSPS) is 30.1. The summed E-state index contributed by atoms with van der Waals surface area (Å²) in [6, 6.07) is 0. The maximum absolute atomic E-state index is 11.6. The van der Waals surface area contributed by atoms with Gasteiger partial charge in [-0.05, 0) is 0 Å². The Morgan fingerprint density at radius 1 is 1.33 bits per heavy atom. The van der Waals surface area contributed by atoms with Crippen LogP contribution in [0.15, 0.2) is 17.4 Å². The number of aliphatic hydroxyl groups is 3. The van der Waals surface area contributed by atoms with E-state index >= 15 is 0 Å². The largest absolute Gasteiger partial charge is 0.387 e. The lowest BCUT2D eigenvalue weighted by Crippen LogP contribution is -2.41. The van der Waals surface area contributed by atoms with Crippen LogP contribution in [0.2, 0.25) is 0 Å². The summed E-state index contributed by atoms with van der Waals surface area (Å²) in [6.07, 6.45) is -3.20. The van der Waals surface area contributed by atoms with Crippen molar-refractivity contribution in [1.29, 1.82) is 0 Å². The van der Waals surface area contributed by atoms with Crippen molar-refractivity contribution in [2.75, 3.05) is 0 Å². The molecule has 0 spiro atoms. The van der Waals surface area contributed by atoms with Crippen molar-refractivity contribution in [3.8, 4) is 0 Å². The van der Waals surface area contributed by atoms with Crippen LogP contribution in [0.3, 0.4) is 0 Å². The Morgan fingerprint density at radius 2 is 2.05 bits per heavy atom. The number of imidazole rings is 1. The van der Waals surface area contributed by atoms with Crippen molar-refractivity contribution in [2.45, 2.75) is 29.1 Å². The molecule has 0 bridgehead atoms. The molecule has 11 heteroatoms. The second kappa shape index (κ2) is 4.90. The second-order valence-corrected chi connectivity index (χ2v) is 5.92. The van der Waals surface area contributed by atoms with Gasteiger partial charge < -0.3 is 25.0 Å². The van der Waals surface area contributed by atoms with E-state index in [1.54, 1.807) is 0 Å². The summed E-state index contributed by atoms with van der Waals surface area (Å²) in [7, 11) is 0. The number of fused-ring (bicyclic) bond motifs is 1. The summed E-state index contributed by atoms with van der Waals surface area (Å²) in [5.74, 6) is 0. The standard InChI is InChI=1S/C10H10Cl2N4O5/c11-10(12,20)6-4(17)5(18)9(21-6)16-2-15-3-7(16)13-1-14-8(3)19/h1-2,4-6,9,17-18,20H,(H,13,14,19)/t4-,5+,6-,9+/m0/s1. The van der Waals surface area contributed by atoms with Gasteiger partial charge >= 0.3 is 0 Å². The van der Waals surface area contributed by atoms with Crippen molar-refractivity contribution in [3.05, 3.63) is 23.0 Å². The van der Waals surface area contributed by atoms with Crippen LogP contribution in [0, 0.1) is 0 Å². The Hall–Kier alpha value is -1.23. The van der Waals surface area contributed by atoms with Crippen LogP contribution in [0.5, 0.6) is 0 Å². The van der Waals surface area contributed by atoms with Crippen molar-refractivity contribution in [2.24, 2.45) is 0 Å². The van der Waals surface area contributed by atoms with Gasteiger partial charge in [0.15, 0.2) is 17.4 Å². The number of hydrogen-bond acceptors (Lipinski definition) is 7. The molecule has 21 heavy (non-hydrogen) atoms. The molecule has 0 saturated carbocycles. The van der Waals surface area contributed by atoms with Crippen LogP contribution >= 0.6 is 23.2 Å². The number of H-pyrrole nitrogens is 1. The number of halogens is 2. The molecule has 0 unspecified atom stereocenters. The Labute approximate surface area is 126 Å². The third-order valence-corrected chi connectivity index (χ3v) is 3.65. The predicted octanol–water partition coefficient (Wildman–Crippen LogP) is -1.14. The first kappa shape index (κ1) is 14.7. The summed E-state index contributed by atoms with van der Waals surface area (Å²) in [4.78, 5) is 21.7. The molecule has 0 aromatic carbocycles. The number of ether oxygens (including phenoxy) is 1. The lowest BCUT2D eigenvalue weighted by molar-refractivity contribution is -0.0734. The Kier molecular flexibility index (Phi) is 3.43. The molecule has 2 aromatic heterocycles. The number of nitrogens with zero attached hydrogens (tertiary/aromatic N) is 3. The van der Waals surface area contributed by atoms with Crippen LogP contribution in [0.25, 0.3) is 11.2 Å². The highest BCUT2D eigenvalue weighted by molar-refractivity contribution is 6.47. The minimum atomic E-state index is -2.39. The predicted molar refractivity (Wildman–Crippen MR) is 70.7 cm³/mol. The molecule has 1 fully saturated rings. The number of nitrogens with one attached hydrogen (secondary N) is 1. The fourth-order valence-corrected chi connectivity index (χ4v) is 2.59. The van der Waals surface area contributed by atoms with Gasteiger partial charge in [-0.15, -0.1) is 0 Å². The van der Waals surface area contributed by atoms with Crippen LogP contribution in [-0.2, 0) is 4.74 Å². The van der Waals surface area contributed by atoms with E-state index in [0.29, 0.717) is 0 Å². The number of aromatic nitrogens is 4. The van der Waals surface area contributed by atoms with E-state index in [1.807, 2.05) is 0 Å². The number of hydrogen-bond donors (Lipinski definition) is 4. The van der Waals surface area contributed by atoms with Gasteiger partial charge in [0.1, 0.15) is 18.3 Å². The van der Waals surface area contributed by atoms with E-state index in [-0.39, 0.29) is 11.2 Å². The van der Waals surface area contributed by atoms with Crippen molar-refractivity contribution in [1.82, 2.24) is 19.5 Å². The van der Waals surface area contributed by atoms with Gasteiger partial charge in [-0.1, -0.05) is 23.2 Å². The summed E-state index contributed by atoms with van der Waals surface area (Å²) in [5.41, 5.74) is -0.281. The van der Waals surface area contributed by atoms with Gasteiger partial charge in [0.2, 0.25) is 4.52 Å². The van der Waals surface area contributed by atoms with Gasteiger partial charge in [0.05, 0.1) is 12.7 Å². The van der Waals surface area contributed by atoms with Crippen LogP contribution in [-0.4, -0.2) is 57.7 Å². The second-order valence-electron chi connectivity index (χ2n) is 4.57. The molecular formula is C10H10Cl2N4O5. The summed E-state index contributed by atoms with van der Waals surface area (Å²) < 4.78 is 4.16. The van der Waals surface area contributed by atoms with Crippen LogP contribution < -0.4 is 5.56 Å². The monoisotopic (exact) mass is 336 g/mol. The van der Waals surface area contributed by atoms with Gasteiger partial charge in [0.25, 0.3) is 5.56 Å². The maximum Gasteiger partial charge on any atom is 0.278 e. The average Bonchev–Trinajstić information content (AvgIpc) is 2.93. The van der Waals surface area contributed by atoms with E-state index in [9.17, 15) is 20.1 Å². The Bertz CT molecular complexity index is 726. The zero-order valence-corrected chi connectivity index (χ0v) is 11.7. The van der Waals surface area contributed by atoms with Crippen LogP contribution in [0.1, 0.15) is 6.23 Å². The summed E-state index contributed by atoms with van der Waals surface area (Å²) >= 11 is 11.0. The molecule has 0 aliphatic carbocycles. The molecule has 114 valence electrons. The van der Waals surface area contributed by atoms with E-state index in [0.717, 1.165) is 6.33 Å². The number of rotatable bonds is 2. The van der Waals surface area contributed by atoms with Crippen LogP contribution in [0.4, 0.5) is 0 Å². The van der Waals surface area contributed by atoms with Gasteiger partial charge in [-0.3, -0.25) is 9.36 Å². The highest BCUT2D eigenvalue weighted by atomic mass is 35.5. The van der Waals surface area contributed by atoms with Crippen molar-refractivity contribution >= 4 is 34.4 Å². The van der Waals surface area contributed by atoms with Gasteiger partial charge in [-0.2, -0.15) is 0 Å². The van der Waals surface area contributed by atoms with E-state index in [1.165, 1.54) is 10.9 Å². The Balaban J connectivity index is 2.04. The topological polar surface area (TPSA) is 133 Å². The fraction of sp³-hybridized carbons (Fsp3) is 0.500. The first-order valence-corrected chi connectivity index (χ1v) is 6.58. The smallest absolute Gasteiger partial charge is 0.278 e. The van der Waals surface area contributed by atoms with E-state index in [4.69, 9.17) is 27.9 Å². The van der Waals surface area contributed by atoms with E-state index < -0.39 is 34.6 Å². The quantitative estimate of drug-likeness (QED) is 0.509. The molecule has 9 nitrogen and oxygen atoms in total. The SMILES string of the molecule is O=c1[nH]cnc2c1ncn2[C@@H]1O[C@H](C(O)(Cl)Cl)[C@@H](O)[C@H]1O. The molecule has 1 aliphatic rings. The van der Waals surface area contributed by atoms with E-state index in [2.05, 4.69) is 15.0 Å². The van der Waals surface area contributed by atoms with Crippen molar-refractivity contribution < 1.29 is 20.1 Å². The molecule has 4 N–H and O–H groups in total. The summed E-state index contributed by atoms with van der Waals surface area (Å²) in [5, 5.41) is 29.4. The Morgan fingerprint density at radius 3 is 2.67 bits per heavy atom. The molecule has 4 atom stereocenters. The average molecular weight is 337 g/mol. The molecule has 3 heterocycles. The molecule has 1 saturated heterocycles. The zero-order valence-electron chi connectivity index (χ0n) is 10.2. The third-order valence-electron chi connectivity index (χ3n) is 3.22. The minimum Gasteiger partial charge on any atom is -0.387 e. The molecule has 0 radical (unpaired) electrons. The zero-order chi connectivity index (χ0) is 15.4. The highest BCUT2D eigenvalue weighted by Gasteiger charge is 2.52. The molecule has 0 amide bonds. The number of aromatic amines is 1. The lowest BCUT2D eigenvalue weighted by Gasteiger charge is -2.22. The first-order valence-electron chi connectivity index (χ1n) is 5.82. The van der Waals surface area contributed by atoms with Crippen molar-refractivity contribution in [3.63, 3.8) is 0 Å². The van der Waals surface area contributed by atoms with Gasteiger partial charge in [0, 0.05) is 0 Å². The van der Waals surface area contributed by atoms with Gasteiger partial charge in [-0.25, -0.2) is 9.97 Å². The fourth-order valence-electron chi connectivity index (χ4n) is 2.23. The minimum absolute atomic E-state index is 0.0400. The lowest BCUT2D eigenvalue weighted by atomic mass is 10.1. The number of aliphatic hydroxyl groups excluding tert-OH is 2. The number of alkyl halides is 2. The summed E-state index contributed by atoms with van der Waals surface area (Å²) in [6.45, 7) is 0. The highest BCUT2D eigenvalue weighted by Crippen LogP contribution is 2.39.